The number of amides is 1. The third kappa shape index (κ3) is 7.35. The zero-order valence-electron chi connectivity index (χ0n) is 19.7. The topological polar surface area (TPSA) is 90.5 Å². The number of aromatic carboxylic acids is 1. The van der Waals surface area contributed by atoms with Crippen molar-refractivity contribution in [2.45, 2.75) is 50.1 Å². The van der Waals surface area contributed by atoms with E-state index in [1.807, 2.05) is 0 Å². The van der Waals surface area contributed by atoms with Crippen LogP contribution in [-0.4, -0.2) is 34.2 Å². The van der Waals surface area contributed by atoms with Crippen LogP contribution in [0.1, 0.15) is 57.5 Å². The molecule has 40 heavy (non-hydrogen) atoms. The number of hydrogen-bond donors (Lipinski definition) is 4. The van der Waals surface area contributed by atoms with Crippen molar-refractivity contribution in [3.05, 3.63) is 60.5 Å². The predicted molar refractivity (Wildman–Crippen MR) is 143 cm³/mol. The molecule has 0 unspecified atom stereocenters. The van der Waals surface area contributed by atoms with Crippen molar-refractivity contribution in [2.75, 3.05) is 5.32 Å². The number of halogens is 10. The van der Waals surface area contributed by atoms with E-state index < -0.39 is 74.3 Å². The van der Waals surface area contributed by atoms with Gasteiger partial charge in [-0.2, -0.15) is 26.3 Å². The summed E-state index contributed by atoms with van der Waals surface area (Å²) in [4.78, 5) is 25.0. The summed E-state index contributed by atoms with van der Waals surface area (Å²) in [6.45, 7) is 0. The summed E-state index contributed by atoms with van der Waals surface area (Å²) < 4.78 is 79.1. The molecule has 0 aliphatic heterocycles. The number of thiocarbonyl (C=S) groups is 1. The van der Waals surface area contributed by atoms with Crippen molar-refractivity contribution in [1.82, 2.24) is 10.6 Å². The Bertz CT molecular complexity index is 1320. The average Bonchev–Trinajstić information content (AvgIpc) is 2.84. The van der Waals surface area contributed by atoms with E-state index >= 15 is 0 Å². The summed E-state index contributed by atoms with van der Waals surface area (Å²) in [6.07, 6.45) is -8.06. The van der Waals surface area contributed by atoms with E-state index in [0.717, 1.165) is 0 Å². The van der Waals surface area contributed by atoms with E-state index in [4.69, 9.17) is 58.6 Å². The fraction of sp³-hybridized carbons (Fsp3) is 0.348. The van der Waals surface area contributed by atoms with Gasteiger partial charge in [-0.15, -0.1) is 0 Å². The second kappa shape index (κ2) is 12.4. The molecule has 1 amide bonds. The van der Waals surface area contributed by atoms with Crippen molar-refractivity contribution in [3.63, 3.8) is 0 Å². The second-order valence-electron chi connectivity index (χ2n) is 8.68. The van der Waals surface area contributed by atoms with Crippen LogP contribution in [0.2, 0.25) is 20.1 Å². The minimum Gasteiger partial charge on any atom is -0.478 e. The van der Waals surface area contributed by atoms with E-state index in [9.17, 15) is 41.0 Å². The number of rotatable bonds is 5. The number of carboxylic acids is 1. The van der Waals surface area contributed by atoms with Crippen LogP contribution >= 0.6 is 58.6 Å². The molecule has 0 spiro atoms. The molecule has 0 aromatic heterocycles. The van der Waals surface area contributed by atoms with Crippen LogP contribution in [0.4, 0.5) is 32.0 Å². The number of anilines is 1. The van der Waals surface area contributed by atoms with Gasteiger partial charge in [0.2, 0.25) is 0 Å². The molecule has 2 atom stereocenters. The van der Waals surface area contributed by atoms with E-state index in [2.05, 4.69) is 16.0 Å². The molecule has 6 nitrogen and oxygen atoms in total. The van der Waals surface area contributed by atoms with Gasteiger partial charge >= 0.3 is 18.3 Å². The summed E-state index contributed by atoms with van der Waals surface area (Å²) >= 11 is 29.2. The number of carbonyl (C=O) groups excluding carboxylic acids is 1. The molecule has 0 heterocycles. The highest BCUT2D eigenvalue weighted by Crippen LogP contribution is 2.42. The third-order valence-electron chi connectivity index (χ3n) is 5.95. The normalized spacial score (nSPS) is 17.8. The van der Waals surface area contributed by atoms with Crippen LogP contribution in [-0.2, 0) is 12.4 Å². The van der Waals surface area contributed by atoms with E-state index in [1.165, 1.54) is 0 Å². The lowest BCUT2D eigenvalue weighted by molar-refractivity contribution is -0.143. The number of nitrogens with one attached hydrogen (secondary N) is 3. The van der Waals surface area contributed by atoms with Crippen molar-refractivity contribution >= 4 is 81.3 Å². The van der Waals surface area contributed by atoms with Crippen molar-refractivity contribution in [2.24, 2.45) is 0 Å². The highest BCUT2D eigenvalue weighted by molar-refractivity contribution is 7.80. The Morgan fingerprint density at radius 2 is 1.23 bits per heavy atom. The van der Waals surface area contributed by atoms with Crippen molar-refractivity contribution in [1.29, 1.82) is 0 Å². The molecule has 0 bridgehead atoms. The van der Waals surface area contributed by atoms with E-state index in [1.54, 1.807) is 0 Å². The van der Waals surface area contributed by atoms with Gasteiger partial charge in [0.15, 0.2) is 5.11 Å². The van der Waals surface area contributed by atoms with Crippen LogP contribution in [0.5, 0.6) is 0 Å². The summed E-state index contributed by atoms with van der Waals surface area (Å²) in [6, 6.07) is -0.408. The lowest BCUT2D eigenvalue weighted by Crippen LogP contribution is -2.54. The van der Waals surface area contributed by atoms with Crippen LogP contribution in [0.3, 0.4) is 0 Å². The molecule has 0 saturated heterocycles. The zero-order valence-corrected chi connectivity index (χ0v) is 23.5. The Balaban J connectivity index is 1.83. The standard InChI is InChI=1S/C23H17Cl4F6N3O3S/c24-15-13(14(20(38)39)16(25)18(27)17(15)26)19(37)35-11-3-1-2-4-12(11)36-21(40)34-10-6-8(22(28,29)30)5-9(7-10)23(31,32)33/h5-7,11-12H,1-4H2,(H,35,37)(H,38,39)(H2,34,36,40)/t11-,12+/m1/s1. The van der Waals surface area contributed by atoms with Gasteiger partial charge < -0.3 is 21.1 Å². The quantitative estimate of drug-likeness (QED) is 0.111. The Morgan fingerprint density at radius 1 is 0.775 bits per heavy atom. The number of carbonyl (C=O) groups is 2. The number of carboxylic acid groups (broad SMARTS) is 1. The number of hydrogen-bond acceptors (Lipinski definition) is 3. The Morgan fingerprint density at radius 3 is 1.68 bits per heavy atom. The highest BCUT2D eigenvalue weighted by atomic mass is 35.5. The van der Waals surface area contributed by atoms with Crippen LogP contribution < -0.4 is 16.0 Å². The van der Waals surface area contributed by atoms with Crippen molar-refractivity contribution < 1.29 is 41.0 Å². The molecular weight excluding hydrogens is 654 g/mol. The average molecular weight is 671 g/mol. The zero-order chi connectivity index (χ0) is 30.2. The SMILES string of the molecule is O=C(O)c1c(Cl)c(Cl)c(Cl)c(Cl)c1C(=O)N[C@@H]1CCCC[C@@H]1NC(=S)Nc1cc(C(F)(F)F)cc(C(F)(F)F)c1. The lowest BCUT2D eigenvalue weighted by Gasteiger charge is -2.34. The molecular formula is C23H17Cl4F6N3O3S. The van der Waals surface area contributed by atoms with Gasteiger partial charge in [0, 0.05) is 17.8 Å². The van der Waals surface area contributed by atoms with Gasteiger partial charge in [-0.1, -0.05) is 59.2 Å². The first-order valence-corrected chi connectivity index (χ1v) is 13.1. The minimum atomic E-state index is -5.05. The third-order valence-corrected chi connectivity index (χ3v) is 7.97. The number of alkyl halides is 6. The molecule has 0 radical (unpaired) electrons. The largest absolute Gasteiger partial charge is 0.478 e. The fourth-order valence-corrected chi connectivity index (χ4v) is 5.41. The first kappa shape index (κ1) is 32.3. The van der Waals surface area contributed by atoms with Gasteiger partial charge in [0.25, 0.3) is 5.91 Å². The van der Waals surface area contributed by atoms with Gasteiger partial charge in [0.1, 0.15) is 0 Å². The molecule has 1 saturated carbocycles. The Labute approximate surface area is 248 Å². The van der Waals surface area contributed by atoms with E-state index in [0.29, 0.717) is 37.8 Å². The number of benzene rings is 2. The smallest absolute Gasteiger partial charge is 0.416 e. The monoisotopic (exact) mass is 669 g/mol. The van der Waals surface area contributed by atoms with Gasteiger partial charge in [0.05, 0.1) is 42.3 Å². The summed E-state index contributed by atoms with van der Waals surface area (Å²) in [7, 11) is 0. The molecule has 4 N–H and O–H groups in total. The maximum atomic E-state index is 13.2. The first-order valence-electron chi connectivity index (χ1n) is 11.2. The second-order valence-corrected chi connectivity index (χ2v) is 10.6. The van der Waals surface area contributed by atoms with E-state index in [-0.39, 0.29) is 21.2 Å². The fourth-order valence-electron chi connectivity index (χ4n) is 4.13. The highest BCUT2D eigenvalue weighted by Gasteiger charge is 2.37. The molecule has 218 valence electrons. The maximum Gasteiger partial charge on any atom is 0.416 e. The predicted octanol–water partition coefficient (Wildman–Crippen LogP) is 8.06. The van der Waals surface area contributed by atoms with Crippen LogP contribution in [0.25, 0.3) is 0 Å². The summed E-state index contributed by atoms with van der Waals surface area (Å²) in [5.74, 6) is -2.55. The molecule has 1 aliphatic rings. The maximum absolute atomic E-state index is 13.2. The first-order chi connectivity index (χ1) is 18.4. The molecule has 1 aliphatic carbocycles. The minimum absolute atomic E-state index is 0.0137. The van der Waals surface area contributed by atoms with Gasteiger partial charge in [-0.05, 0) is 43.3 Å². The Hall–Kier alpha value is -2.19. The van der Waals surface area contributed by atoms with Crippen LogP contribution in [0.15, 0.2) is 18.2 Å². The van der Waals surface area contributed by atoms with Crippen molar-refractivity contribution in [3.8, 4) is 0 Å². The summed E-state index contributed by atoms with van der Waals surface area (Å²) in [5, 5.41) is 15.4. The molecule has 1 fully saturated rings. The molecule has 17 heteroatoms. The lowest BCUT2D eigenvalue weighted by atomic mass is 9.90. The van der Waals surface area contributed by atoms with Crippen LogP contribution in [0, 0.1) is 0 Å². The summed E-state index contributed by atoms with van der Waals surface area (Å²) in [5.41, 5.74) is -4.83. The molecule has 3 rings (SSSR count). The molecule has 2 aromatic carbocycles. The Kier molecular flexibility index (Phi) is 9.99. The molecule has 2 aromatic rings. The van der Waals surface area contributed by atoms with Gasteiger partial charge in [-0.25, -0.2) is 4.79 Å². The van der Waals surface area contributed by atoms with Gasteiger partial charge in [-0.3, -0.25) is 4.79 Å².